The molecule has 0 aliphatic rings. The normalized spacial score (nSPS) is 11.4. The van der Waals surface area contributed by atoms with Crippen LogP contribution < -0.4 is 10.1 Å². The highest BCUT2D eigenvalue weighted by molar-refractivity contribution is 9.10. The predicted octanol–water partition coefficient (Wildman–Crippen LogP) is 2.20. The van der Waals surface area contributed by atoms with Crippen LogP contribution >= 0.6 is 15.9 Å². The van der Waals surface area contributed by atoms with E-state index in [1.54, 1.807) is 18.3 Å². The summed E-state index contributed by atoms with van der Waals surface area (Å²) in [5.74, 6) is -1.86. The van der Waals surface area contributed by atoms with Crippen molar-refractivity contribution in [2.75, 3.05) is 0 Å². The van der Waals surface area contributed by atoms with E-state index in [1.807, 2.05) is 0 Å². The van der Waals surface area contributed by atoms with Crippen molar-refractivity contribution in [2.24, 2.45) is 0 Å². The van der Waals surface area contributed by atoms with Crippen LogP contribution in [0, 0.1) is 0 Å². The van der Waals surface area contributed by atoms with Gasteiger partial charge in [0, 0.05) is 25.1 Å². The van der Waals surface area contributed by atoms with E-state index in [4.69, 9.17) is 4.74 Å². The topological polar surface area (TPSA) is 106 Å². The number of pyridine rings is 1. The zero-order valence-electron chi connectivity index (χ0n) is 13.2. The molecule has 0 aliphatic carbocycles. The first-order valence-electron chi connectivity index (χ1n) is 7.28. The number of aromatic nitrogens is 1. The number of esters is 1. The molecule has 2 rings (SSSR count). The summed E-state index contributed by atoms with van der Waals surface area (Å²) in [6, 6.07) is 8.13. The van der Waals surface area contributed by atoms with Gasteiger partial charge in [0.1, 0.15) is 16.4 Å². The Hall–Kier alpha value is -2.74. The van der Waals surface area contributed by atoms with E-state index in [2.05, 4.69) is 26.2 Å². The monoisotopic (exact) mass is 406 g/mol. The molecule has 0 unspecified atom stereocenters. The van der Waals surface area contributed by atoms with Crippen molar-refractivity contribution in [1.82, 2.24) is 10.3 Å². The van der Waals surface area contributed by atoms with Crippen LogP contribution in [0.5, 0.6) is 5.75 Å². The molecule has 0 saturated heterocycles. The summed E-state index contributed by atoms with van der Waals surface area (Å²) < 4.78 is 5.41. The molecule has 0 saturated carbocycles. The Morgan fingerprint density at radius 2 is 1.92 bits per heavy atom. The van der Waals surface area contributed by atoms with Crippen molar-refractivity contribution in [3.05, 3.63) is 58.3 Å². The van der Waals surface area contributed by atoms with Gasteiger partial charge < -0.3 is 15.2 Å². The number of carbonyl (C=O) groups excluding carboxylic acids is 2. The Balaban J connectivity index is 2.08. The minimum absolute atomic E-state index is 0.0844. The highest BCUT2D eigenvalue weighted by atomic mass is 79.9. The number of nitrogens with one attached hydrogen (secondary N) is 1. The van der Waals surface area contributed by atoms with Crippen molar-refractivity contribution in [2.45, 2.75) is 19.4 Å². The Bertz CT molecular complexity index is 792. The van der Waals surface area contributed by atoms with Gasteiger partial charge in [0.15, 0.2) is 0 Å². The zero-order valence-corrected chi connectivity index (χ0v) is 14.8. The van der Waals surface area contributed by atoms with Crippen LogP contribution in [0.2, 0.25) is 0 Å². The molecule has 7 nitrogen and oxygen atoms in total. The summed E-state index contributed by atoms with van der Waals surface area (Å²) in [5, 5.41) is 11.8. The maximum absolute atomic E-state index is 12.3. The van der Waals surface area contributed by atoms with Gasteiger partial charge in [-0.2, -0.15) is 0 Å². The fourth-order valence-corrected chi connectivity index (χ4v) is 2.49. The van der Waals surface area contributed by atoms with Gasteiger partial charge in [-0.15, -0.1) is 0 Å². The number of rotatable bonds is 6. The lowest BCUT2D eigenvalue weighted by molar-refractivity contribution is -0.139. The molecule has 25 heavy (non-hydrogen) atoms. The summed E-state index contributed by atoms with van der Waals surface area (Å²) >= 11 is 3.25. The quantitative estimate of drug-likeness (QED) is 0.432. The van der Waals surface area contributed by atoms with Gasteiger partial charge in [-0.1, -0.05) is 6.07 Å². The molecule has 1 aromatic heterocycles. The Morgan fingerprint density at radius 3 is 2.48 bits per heavy atom. The second-order valence-electron chi connectivity index (χ2n) is 5.14. The number of benzene rings is 1. The maximum atomic E-state index is 12.3. The number of carboxylic acids is 1. The van der Waals surface area contributed by atoms with Crippen molar-refractivity contribution in [3.63, 3.8) is 0 Å². The van der Waals surface area contributed by atoms with Gasteiger partial charge in [0.2, 0.25) is 0 Å². The lowest BCUT2D eigenvalue weighted by atomic mass is 10.1. The minimum atomic E-state index is -1.15. The molecule has 0 aliphatic heterocycles. The number of nitrogens with zero attached hydrogens (tertiary/aromatic N) is 1. The van der Waals surface area contributed by atoms with Crippen molar-refractivity contribution in [3.8, 4) is 5.75 Å². The van der Waals surface area contributed by atoms with E-state index in [9.17, 15) is 19.5 Å². The fraction of sp³-hybridized carbons (Fsp3) is 0.176. The maximum Gasteiger partial charge on any atom is 0.326 e. The van der Waals surface area contributed by atoms with Crippen molar-refractivity contribution < 1.29 is 24.2 Å². The van der Waals surface area contributed by atoms with Crippen LogP contribution in [0.1, 0.15) is 22.8 Å². The Kier molecular flexibility index (Phi) is 6.24. The smallest absolute Gasteiger partial charge is 0.326 e. The predicted molar refractivity (Wildman–Crippen MR) is 92.3 cm³/mol. The van der Waals surface area contributed by atoms with E-state index >= 15 is 0 Å². The number of aliphatic carboxylic acids is 1. The molecule has 0 radical (unpaired) electrons. The second-order valence-corrected chi connectivity index (χ2v) is 5.89. The lowest BCUT2D eigenvalue weighted by Gasteiger charge is -2.15. The van der Waals surface area contributed by atoms with E-state index in [-0.39, 0.29) is 12.0 Å². The highest BCUT2D eigenvalue weighted by Gasteiger charge is 2.22. The number of hydrogen-bond donors (Lipinski definition) is 2. The van der Waals surface area contributed by atoms with Crippen molar-refractivity contribution >= 4 is 33.8 Å². The van der Waals surface area contributed by atoms with Gasteiger partial charge in [0.05, 0.1) is 0 Å². The molecule has 1 amide bonds. The number of hydrogen-bond acceptors (Lipinski definition) is 5. The number of ether oxygens (including phenoxy) is 1. The molecule has 8 heteroatoms. The molecule has 2 N–H and O–H groups in total. The van der Waals surface area contributed by atoms with Crippen LogP contribution in [-0.4, -0.2) is 34.0 Å². The molecule has 2 aromatic rings. The largest absolute Gasteiger partial charge is 0.480 e. The molecular weight excluding hydrogens is 392 g/mol. The fourth-order valence-electron chi connectivity index (χ4n) is 2.07. The van der Waals surface area contributed by atoms with Gasteiger partial charge in [0.25, 0.3) is 5.91 Å². The molecule has 130 valence electrons. The number of carbonyl (C=O) groups is 3. The van der Waals surface area contributed by atoms with Crippen LogP contribution in [0.3, 0.4) is 0 Å². The van der Waals surface area contributed by atoms with E-state index in [0.717, 1.165) is 0 Å². The average molecular weight is 407 g/mol. The van der Waals surface area contributed by atoms with Crippen LogP contribution in [0.4, 0.5) is 0 Å². The average Bonchev–Trinajstić information content (AvgIpc) is 2.56. The second kappa shape index (κ2) is 8.39. The van der Waals surface area contributed by atoms with Gasteiger partial charge >= 0.3 is 11.9 Å². The molecule has 1 heterocycles. The first-order valence-corrected chi connectivity index (χ1v) is 8.07. The minimum Gasteiger partial charge on any atom is -0.480 e. The summed E-state index contributed by atoms with van der Waals surface area (Å²) in [7, 11) is 0. The lowest BCUT2D eigenvalue weighted by Crippen LogP contribution is -2.42. The first kappa shape index (κ1) is 18.6. The van der Waals surface area contributed by atoms with Gasteiger partial charge in [-0.25, -0.2) is 9.78 Å². The molecule has 0 bridgehead atoms. The Labute approximate surface area is 152 Å². The summed E-state index contributed by atoms with van der Waals surface area (Å²) in [6.07, 6.45) is 1.66. The molecular formula is C17H15BrN2O5. The highest BCUT2D eigenvalue weighted by Crippen LogP contribution is 2.16. The standard InChI is InChI=1S/C17H15BrN2O5/c1-10(21)25-13-6-4-11(5-7-13)16(22)20-14(17(23)24)9-12-3-2-8-19-15(12)18/h2-8,14H,9H2,1H3,(H,20,22)(H,23,24)/t14-/m1/s1. The van der Waals surface area contributed by atoms with Crippen LogP contribution in [0.25, 0.3) is 0 Å². The summed E-state index contributed by atoms with van der Waals surface area (Å²) in [5.41, 5.74) is 0.924. The first-order chi connectivity index (χ1) is 11.9. The SMILES string of the molecule is CC(=O)Oc1ccc(C(=O)N[C@H](Cc2cccnc2Br)C(=O)O)cc1. The van der Waals surface area contributed by atoms with Crippen molar-refractivity contribution in [1.29, 1.82) is 0 Å². The molecule has 1 atom stereocenters. The summed E-state index contributed by atoms with van der Waals surface area (Å²) in [6.45, 7) is 1.27. The number of carboxylic acid groups (broad SMARTS) is 1. The molecule has 1 aromatic carbocycles. The third-order valence-electron chi connectivity index (χ3n) is 3.24. The van der Waals surface area contributed by atoms with E-state index in [1.165, 1.54) is 31.2 Å². The third-order valence-corrected chi connectivity index (χ3v) is 3.96. The Morgan fingerprint density at radius 1 is 1.24 bits per heavy atom. The zero-order chi connectivity index (χ0) is 18.4. The van der Waals surface area contributed by atoms with Gasteiger partial charge in [-0.3, -0.25) is 9.59 Å². The van der Waals surface area contributed by atoms with Crippen LogP contribution in [-0.2, 0) is 16.0 Å². The molecule has 0 spiro atoms. The number of amides is 1. The number of halogens is 1. The van der Waals surface area contributed by atoms with E-state index in [0.29, 0.717) is 15.9 Å². The summed E-state index contributed by atoms with van der Waals surface area (Å²) in [4.78, 5) is 38.6. The van der Waals surface area contributed by atoms with Gasteiger partial charge in [-0.05, 0) is 51.8 Å². The van der Waals surface area contributed by atoms with Crippen LogP contribution in [0.15, 0.2) is 47.2 Å². The van der Waals surface area contributed by atoms with E-state index < -0.39 is 23.9 Å². The third kappa shape index (κ3) is 5.39. The molecule has 0 fully saturated rings.